The lowest BCUT2D eigenvalue weighted by molar-refractivity contribution is -0.130. The van der Waals surface area contributed by atoms with Crippen molar-refractivity contribution in [2.75, 3.05) is 32.7 Å². The quantitative estimate of drug-likeness (QED) is 0.738. The van der Waals surface area contributed by atoms with Gasteiger partial charge >= 0.3 is 6.18 Å². The van der Waals surface area contributed by atoms with Gasteiger partial charge in [0.2, 0.25) is 0 Å². The molecule has 0 aromatic rings. The summed E-state index contributed by atoms with van der Waals surface area (Å²) in [6, 6.07) is 0.477. The largest absolute Gasteiger partial charge is 0.402 e. The maximum atomic E-state index is 12.4. The van der Waals surface area contributed by atoms with E-state index in [1.165, 1.54) is 12.8 Å². The number of halogens is 4. The minimum absolute atomic E-state index is 0.0772. The van der Waals surface area contributed by atoms with Crippen molar-refractivity contribution < 1.29 is 13.2 Å². The first-order valence-electron chi connectivity index (χ1n) is 6.14. The average molecular weight is 315 g/mol. The Labute approximate surface area is 108 Å². The zero-order chi connectivity index (χ0) is 12.5. The Hall–Kier alpha value is 0.190. The summed E-state index contributed by atoms with van der Waals surface area (Å²) in [6.45, 7) is 3.90. The number of hydrogen-bond acceptors (Lipinski definition) is 2. The van der Waals surface area contributed by atoms with E-state index in [0.717, 1.165) is 32.6 Å². The molecule has 100 valence electrons. The zero-order valence-corrected chi connectivity index (χ0v) is 11.3. The summed E-state index contributed by atoms with van der Waals surface area (Å²) in [5, 5.41) is 0. The SMILES string of the molecule is FC(F)(F)C(Br)CN1CCC(N2CCCC2)C1. The first-order chi connectivity index (χ1) is 7.97. The van der Waals surface area contributed by atoms with E-state index >= 15 is 0 Å². The van der Waals surface area contributed by atoms with Crippen molar-refractivity contribution in [3.63, 3.8) is 0 Å². The fourth-order valence-corrected chi connectivity index (χ4v) is 3.12. The molecule has 2 aliphatic heterocycles. The van der Waals surface area contributed by atoms with E-state index in [1.54, 1.807) is 0 Å². The summed E-state index contributed by atoms with van der Waals surface area (Å²) in [7, 11) is 0. The van der Waals surface area contributed by atoms with Crippen LogP contribution in [0.5, 0.6) is 0 Å². The minimum Gasteiger partial charge on any atom is -0.300 e. The molecule has 2 atom stereocenters. The fourth-order valence-electron chi connectivity index (χ4n) is 2.71. The van der Waals surface area contributed by atoms with E-state index < -0.39 is 11.0 Å². The van der Waals surface area contributed by atoms with Gasteiger partial charge in [-0.3, -0.25) is 4.90 Å². The van der Waals surface area contributed by atoms with Gasteiger partial charge in [-0.25, -0.2) is 0 Å². The summed E-state index contributed by atoms with van der Waals surface area (Å²) in [6.07, 6.45) is -0.649. The van der Waals surface area contributed by atoms with Gasteiger partial charge in [-0.2, -0.15) is 13.2 Å². The van der Waals surface area contributed by atoms with Crippen LogP contribution in [0.2, 0.25) is 0 Å². The van der Waals surface area contributed by atoms with Gasteiger partial charge in [-0.05, 0) is 38.9 Å². The second-order valence-electron chi connectivity index (χ2n) is 4.95. The molecule has 2 aliphatic rings. The third-order valence-electron chi connectivity index (χ3n) is 3.68. The Balaban J connectivity index is 1.77. The average Bonchev–Trinajstić information content (AvgIpc) is 2.83. The van der Waals surface area contributed by atoms with Gasteiger partial charge in [-0.1, -0.05) is 15.9 Å². The van der Waals surface area contributed by atoms with Gasteiger partial charge in [-0.15, -0.1) is 0 Å². The molecule has 0 radical (unpaired) electrons. The predicted octanol–water partition coefficient (Wildman–Crippen LogP) is 2.48. The molecule has 2 heterocycles. The number of likely N-dealkylation sites (tertiary alicyclic amines) is 2. The number of hydrogen-bond donors (Lipinski definition) is 0. The molecular formula is C11H18BrF3N2. The molecule has 2 fully saturated rings. The number of nitrogens with zero attached hydrogens (tertiary/aromatic N) is 2. The van der Waals surface area contributed by atoms with Crippen LogP contribution in [0.3, 0.4) is 0 Å². The maximum absolute atomic E-state index is 12.4. The lowest BCUT2D eigenvalue weighted by atomic mass is 10.2. The van der Waals surface area contributed by atoms with Crippen LogP contribution in [0.4, 0.5) is 13.2 Å². The molecule has 0 spiro atoms. The molecule has 0 amide bonds. The van der Waals surface area contributed by atoms with Crippen LogP contribution in [-0.4, -0.2) is 59.6 Å². The molecule has 2 saturated heterocycles. The molecule has 0 bridgehead atoms. The Kier molecular flexibility index (Phi) is 4.36. The Morgan fingerprint density at radius 3 is 2.41 bits per heavy atom. The smallest absolute Gasteiger partial charge is 0.300 e. The topological polar surface area (TPSA) is 6.48 Å². The van der Waals surface area contributed by atoms with Crippen molar-refractivity contribution in [3.8, 4) is 0 Å². The Morgan fingerprint density at radius 2 is 1.82 bits per heavy atom. The standard InChI is InChI=1S/C11H18BrF3N2/c12-10(11(13,14)15)8-16-6-3-9(7-16)17-4-1-2-5-17/h9-10H,1-8H2. The number of rotatable bonds is 3. The van der Waals surface area contributed by atoms with Gasteiger partial charge < -0.3 is 4.90 Å². The van der Waals surface area contributed by atoms with Crippen molar-refractivity contribution in [2.45, 2.75) is 36.3 Å². The third kappa shape index (κ3) is 3.58. The first kappa shape index (κ1) is 13.6. The van der Waals surface area contributed by atoms with Crippen molar-refractivity contribution in [1.29, 1.82) is 0 Å². The molecule has 0 aromatic heterocycles. The highest BCUT2D eigenvalue weighted by molar-refractivity contribution is 9.09. The van der Waals surface area contributed by atoms with Gasteiger partial charge in [0.1, 0.15) is 4.83 Å². The van der Waals surface area contributed by atoms with Crippen molar-refractivity contribution in [3.05, 3.63) is 0 Å². The summed E-state index contributed by atoms with van der Waals surface area (Å²) in [4.78, 5) is 2.96. The monoisotopic (exact) mass is 314 g/mol. The normalized spacial score (nSPS) is 30.0. The molecular weight excluding hydrogens is 297 g/mol. The van der Waals surface area contributed by atoms with E-state index in [9.17, 15) is 13.2 Å². The third-order valence-corrected chi connectivity index (χ3v) is 4.49. The van der Waals surface area contributed by atoms with Crippen LogP contribution < -0.4 is 0 Å². The highest BCUT2D eigenvalue weighted by Gasteiger charge is 2.40. The van der Waals surface area contributed by atoms with E-state index in [4.69, 9.17) is 0 Å². The second kappa shape index (κ2) is 5.45. The molecule has 0 N–H and O–H groups in total. The summed E-state index contributed by atoms with van der Waals surface area (Å²) in [5.41, 5.74) is 0. The van der Waals surface area contributed by atoms with E-state index in [0.29, 0.717) is 6.04 Å². The molecule has 2 nitrogen and oxygen atoms in total. The van der Waals surface area contributed by atoms with Crippen molar-refractivity contribution in [1.82, 2.24) is 9.80 Å². The van der Waals surface area contributed by atoms with Crippen LogP contribution >= 0.6 is 15.9 Å². The van der Waals surface area contributed by atoms with Crippen LogP contribution in [0.25, 0.3) is 0 Å². The molecule has 6 heteroatoms. The lowest BCUT2D eigenvalue weighted by Gasteiger charge is -2.25. The number of alkyl halides is 4. The fraction of sp³-hybridized carbons (Fsp3) is 1.00. The van der Waals surface area contributed by atoms with E-state index in [2.05, 4.69) is 20.8 Å². The molecule has 0 saturated carbocycles. The van der Waals surface area contributed by atoms with Crippen molar-refractivity contribution >= 4 is 15.9 Å². The van der Waals surface area contributed by atoms with Crippen LogP contribution in [0.1, 0.15) is 19.3 Å². The first-order valence-corrected chi connectivity index (χ1v) is 7.05. The Morgan fingerprint density at radius 1 is 1.18 bits per heavy atom. The summed E-state index contributed by atoms with van der Waals surface area (Å²) < 4.78 is 37.3. The molecule has 2 unspecified atom stereocenters. The van der Waals surface area contributed by atoms with Crippen LogP contribution in [-0.2, 0) is 0 Å². The van der Waals surface area contributed by atoms with Crippen molar-refractivity contribution in [2.24, 2.45) is 0 Å². The lowest BCUT2D eigenvalue weighted by Crippen LogP contribution is -2.39. The van der Waals surface area contributed by atoms with Crippen LogP contribution in [0.15, 0.2) is 0 Å². The molecule has 17 heavy (non-hydrogen) atoms. The minimum atomic E-state index is -4.13. The molecule has 2 rings (SSSR count). The highest BCUT2D eigenvalue weighted by atomic mass is 79.9. The highest BCUT2D eigenvalue weighted by Crippen LogP contribution is 2.29. The summed E-state index contributed by atoms with van der Waals surface area (Å²) in [5.74, 6) is 0. The van der Waals surface area contributed by atoms with Crippen LogP contribution in [0, 0.1) is 0 Å². The van der Waals surface area contributed by atoms with Gasteiger partial charge in [0.25, 0.3) is 0 Å². The van der Waals surface area contributed by atoms with Gasteiger partial charge in [0.05, 0.1) is 0 Å². The maximum Gasteiger partial charge on any atom is 0.402 e. The van der Waals surface area contributed by atoms with E-state index in [-0.39, 0.29) is 6.54 Å². The summed E-state index contributed by atoms with van der Waals surface area (Å²) >= 11 is 2.73. The Bertz CT molecular complexity index is 254. The second-order valence-corrected chi connectivity index (χ2v) is 6.06. The van der Waals surface area contributed by atoms with E-state index in [1.807, 2.05) is 4.90 Å². The predicted molar refractivity (Wildman–Crippen MR) is 64.4 cm³/mol. The molecule has 0 aromatic carbocycles. The zero-order valence-electron chi connectivity index (χ0n) is 9.72. The van der Waals surface area contributed by atoms with Gasteiger partial charge in [0.15, 0.2) is 0 Å². The van der Waals surface area contributed by atoms with Gasteiger partial charge in [0, 0.05) is 19.1 Å². The molecule has 0 aliphatic carbocycles.